The third-order valence-corrected chi connectivity index (χ3v) is 6.68. The summed E-state index contributed by atoms with van der Waals surface area (Å²) in [6.45, 7) is 0.449. The molecule has 1 fully saturated rings. The van der Waals surface area contributed by atoms with Gasteiger partial charge in [0.1, 0.15) is 17.4 Å². The van der Waals surface area contributed by atoms with Gasteiger partial charge in [0.25, 0.3) is 12.0 Å². The fraction of sp³-hybridized carbons (Fsp3) is 0.280. The molecular weight excluding hydrogens is 458 g/mol. The van der Waals surface area contributed by atoms with Crippen LogP contribution >= 0.6 is 11.6 Å². The SMILES string of the molecule is COc1cccc2c1ncc1c(=O)n(C3CCC(OC=O)CC3)c(=O)n(-c3cccc(Cl)c3)c12. The molecule has 1 saturated carbocycles. The van der Waals surface area contributed by atoms with Crippen LogP contribution in [-0.2, 0) is 9.53 Å². The van der Waals surface area contributed by atoms with Gasteiger partial charge in [-0.1, -0.05) is 29.8 Å². The molecule has 0 bridgehead atoms. The summed E-state index contributed by atoms with van der Waals surface area (Å²) in [5, 5.41) is 1.42. The minimum Gasteiger partial charge on any atom is -0.494 e. The zero-order valence-electron chi connectivity index (χ0n) is 18.4. The molecule has 8 nitrogen and oxygen atoms in total. The van der Waals surface area contributed by atoms with Gasteiger partial charge in [-0.05, 0) is 49.9 Å². The van der Waals surface area contributed by atoms with Gasteiger partial charge in [-0.2, -0.15) is 0 Å². The molecule has 0 saturated heterocycles. The van der Waals surface area contributed by atoms with Gasteiger partial charge in [0.05, 0.1) is 23.7 Å². The van der Waals surface area contributed by atoms with E-state index < -0.39 is 11.2 Å². The van der Waals surface area contributed by atoms with Crippen molar-refractivity contribution in [3.63, 3.8) is 0 Å². The van der Waals surface area contributed by atoms with Crippen LogP contribution in [0.15, 0.2) is 58.3 Å². The van der Waals surface area contributed by atoms with Crippen molar-refractivity contribution >= 4 is 39.9 Å². The molecule has 174 valence electrons. The van der Waals surface area contributed by atoms with Gasteiger partial charge in [-0.3, -0.25) is 23.7 Å². The third-order valence-electron chi connectivity index (χ3n) is 6.45. The average Bonchev–Trinajstić information content (AvgIpc) is 2.85. The van der Waals surface area contributed by atoms with Crippen LogP contribution in [0.25, 0.3) is 27.5 Å². The van der Waals surface area contributed by atoms with Gasteiger partial charge in [0.2, 0.25) is 0 Å². The number of benzene rings is 2. The number of aromatic nitrogens is 3. The van der Waals surface area contributed by atoms with Crippen molar-refractivity contribution in [3.8, 4) is 11.4 Å². The van der Waals surface area contributed by atoms with E-state index >= 15 is 0 Å². The molecule has 4 aromatic rings. The number of halogens is 1. The predicted octanol–water partition coefficient (Wildman–Crippen LogP) is 4.02. The lowest BCUT2D eigenvalue weighted by Crippen LogP contribution is -2.43. The van der Waals surface area contributed by atoms with Crippen molar-refractivity contribution in [1.29, 1.82) is 0 Å². The van der Waals surface area contributed by atoms with Crippen LogP contribution in [0.4, 0.5) is 0 Å². The minimum absolute atomic E-state index is 0.196. The molecule has 9 heteroatoms. The highest BCUT2D eigenvalue weighted by atomic mass is 35.5. The van der Waals surface area contributed by atoms with E-state index in [1.54, 1.807) is 43.5 Å². The molecule has 0 amide bonds. The normalized spacial score (nSPS) is 18.2. The number of carbonyl (C=O) groups excluding carboxylic acids is 1. The van der Waals surface area contributed by atoms with Crippen LogP contribution < -0.4 is 16.0 Å². The molecule has 1 aliphatic carbocycles. The highest BCUT2D eigenvalue weighted by Gasteiger charge is 2.28. The van der Waals surface area contributed by atoms with Crippen LogP contribution in [0.1, 0.15) is 31.7 Å². The van der Waals surface area contributed by atoms with E-state index in [4.69, 9.17) is 21.1 Å². The monoisotopic (exact) mass is 479 g/mol. The maximum atomic E-state index is 14.0. The quantitative estimate of drug-likeness (QED) is 0.317. The maximum Gasteiger partial charge on any atom is 0.336 e. The van der Waals surface area contributed by atoms with E-state index in [-0.39, 0.29) is 12.1 Å². The van der Waals surface area contributed by atoms with E-state index in [1.165, 1.54) is 15.3 Å². The number of ether oxygens (including phenoxy) is 2. The Hall–Kier alpha value is -3.65. The zero-order valence-corrected chi connectivity index (χ0v) is 19.2. The lowest BCUT2D eigenvalue weighted by Gasteiger charge is -2.29. The summed E-state index contributed by atoms with van der Waals surface area (Å²) in [5.74, 6) is 0.544. The van der Waals surface area contributed by atoms with Crippen molar-refractivity contribution in [1.82, 2.24) is 14.1 Å². The first-order chi connectivity index (χ1) is 16.5. The van der Waals surface area contributed by atoms with E-state index in [1.807, 2.05) is 6.07 Å². The Morgan fingerprint density at radius 3 is 2.53 bits per heavy atom. The summed E-state index contributed by atoms with van der Waals surface area (Å²) < 4.78 is 13.4. The topological polar surface area (TPSA) is 92.4 Å². The fourth-order valence-corrected chi connectivity index (χ4v) is 5.04. The largest absolute Gasteiger partial charge is 0.494 e. The molecule has 0 radical (unpaired) electrons. The lowest BCUT2D eigenvalue weighted by molar-refractivity contribution is -0.135. The van der Waals surface area contributed by atoms with Crippen molar-refractivity contribution in [2.75, 3.05) is 7.11 Å². The van der Waals surface area contributed by atoms with Crippen LogP contribution in [0.5, 0.6) is 5.75 Å². The van der Waals surface area contributed by atoms with E-state index in [0.29, 0.717) is 70.4 Å². The van der Waals surface area contributed by atoms with Crippen LogP contribution in [-0.4, -0.2) is 33.8 Å². The number of pyridine rings is 1. The van der Waals surface area contributed by atoms with Gasteiger partial charge >= 0.3 is 5.69 Å². The van der Waals surface area contributed by atoms with Crippen LogP contribution in [0.2, 0.25) is 5.02 Å². The molecule has 0 N–H and O–H groups in total. The highest BCUT2D eigenvalue weighted by Crippen LogP contribution is 2.32. The molecule has 2 aromatic heterocycles. The molecule has 34 heavy (non-hydrogen) atoms. The fourth-order valence-electron chi connectivity index (χ4n) is 4.86. The smallest absolute Gasteiger partial charge is 0.336 e. The Balaban J connectivity index is 1.83. The number of rotatable bonds is 5. The van der Waals surface area contributed by atoms with Crippen molar-refractivity contribution in [3.05, 3.63) is 74.5 Å². The third kappa shape index (κ3) is 3.64. The van der Waals surface area contributed by atoms with Gasteiger partial charge in [-0.15, -0.1) is 0 Å². The number of hydrogen-bond donors (Lipinski definition) is 0. The van der Waals surface area contributed by atoms with Crippen LogP contribution in [0.3, 0.4) is 0 Å². The first kappa shape index (κ1) is 22.2. The summed E-state index contributed by atoms with van der Waals surface area (Å²) in [4.78, 5) is 42.8. The molecule has 0 aliphatic heterocycles. The Bertz CT molecular complexity index is 1520. The Labute approximate surface area is 199 Å². The Kier molecular flexibility index (Phi) is 5.83. The van der Waals surface area contributed by atoms with Gasteiger partial charge in [0.15, 0.2) is 0 Å². The van der Waals surface area contributed by atoms with Gasteiger partial charge < -0.3 is 9.47 Å². The average molecular weight is 480 g/mol. The Morgan fingerprint density at radius 1 is 1.06 bits per heavy atom. The highest BCUT2D eigenvalue weighted by molar-refractivity contribution is 6.30. The van der Waals surface area contributed by atoms with E-state index in [9.17, 15) is 14.4 Å². The van der Waals surface area contributed by atoms with E-state index in [0.717, 1.165) is 0 Å². The van der Waals surface area contributed by atoms with Gasteiger partial charge in [-0.25, -0.2) is 4.79 Å². The number of carbonyl (C=O) groups is 1. The molecule has 0 spiro atoms. The number of para-hydroxylation sites is 1. The minimum atomic E-state index is -0.449. The first-order valence-corrected chi connectivity index (χ1v) is 11.4. The number of hydrogen-bond acceptors (Lipinski definition) is 6. The second-order valence-corrected chi connectivity index (χ2v) is 8.75. The summed E-state index contributed by atoms with van der Waals surface area (Å²) >= 11 is 6.27. The number of fused-ring (bicyclic) bond motifs is 3. The van der Waals surface area contributed by atoms with Crippen molar-refractivity contribution in [2.45, 2.75) is 37.8 Å². The maximum absolute atomic E-state index is 14.0. The van der Waals surface area contributed by atoms with Crippen LogP contribution in [0, 0.1) is 0 Å². The predicted molar refractivity (Wildman–Crippen MR) is 129 cm³/mol. The summed E-state index contributed by atoms with van der Waals surface area (Å²) in [6, 6.07) is 12.0. The Morgan fingerprint density at radius 2 is 1.82 bits per heavy atom. The van der Waals surface area contributed by atoms with Crippen molar-refractivity contribution in [2.24, 2.45) is 0 Å². The summed E-state index contributed by atoms with van der Waals surface area (Å²) in [5.41, 5.74) is 0.710. The molecule has 0 unspecified atom stereocenters. The summed E-state index contributed by atoms with van der Waals surface area (Å²) in [6.07, 6.45) is 3.56. The molecular formula is C25H22ClN3O5. The first-order valence-electron chi connectivity index (χ1n) is 11.0. The summed E-state index contributed by atoms with van der Waals surface area (Å²) in [7, 11) is 1.55. The number of nitrogens with zero attached hydrogens (tertiary/aromatic N) is 3. The molecule has 2 aromatic carbocycles. The molecule has 5 rings (SSSR count). The molecule has 2 heterocycles. The molecule has 0 atom stereocenters. The second-order valence-electron chi connectivity index (χ2n) is 8.31. The van der Waals surface area contributed by atoms with Gasteiger partial charge in [0, 0.05) is 22.6 Å². The number of methoxy groups -OCH3 is 1. The lowest BCUT2D eigenvalue weighted by atomic mass is 9.92. The molecule has 1 aliphatic rings. The second kappa shape index (κ2) is 8.95. The van der Waals surface area contributed by atoms with Crippen molar-refractivity contribution < 1.29 is 14.3 Å². The van der Waals surface area contributed by atoms with E-state index in [2.05, 4.69) is 4.98 Å². The standard InChI is InChI=1S/C25H22ClN3O5/c1-33-21-7-3-6-19-22(21)27-13-20-23(19)28(17-5-2-4-15(26)12-17)25(32)29(24(20)31)16-8-10-18(11-9-16)34-14-30/h2-7,12-14,16,18H,8-11H2,1H3. The zero-order chi connectivity index (χ0) is 23.8.